The highest BCUT2D eigenvalue weighted by molar-refractivity contribution is 8.09. The summed E-state index contributed by atoms with van der Waals surface area (Å²) < 4.78 is 16.7. The van der Waals surface area contributed by atoms with Gasteiger partial charge in [0.05, 0.1) is 32.0 Å². The monoisotopic (exact) mass is 312 g/mol. The van der Waals surface area contributed by atoms with E-state index < -0.39 is 6.49 Å². The molecule has 6 heteroatoms. The van der Waals surface area contributed by atoms with Gasteiger partial charge in [-0.1, -0.05) is 13.8 Å². The molecule has 0 aromatic heterocycles. The fourth-order valence-electron chi connectivity index (χ4n) is 1.16. The Kier molecular flexibility index (Phi) is 9.67. The van der Waals surface area contributed by atoms with E-state index in [9.17, 15) is 4.89 Å². The molecule has 0 aliphatic heterocycles. The Hall–Kier alpha value is 0.490. The zero-order chi connectivity index (χ0) is 15.1. The molecule has 0 spiro atoms. The van der Waals surface area contributed by atoms with Crippen LogP contribution in [0.5, 0.6) is 0 Å². The summed E-state index contributed by atoms with van der Waals surface area (Å²) in [5.41, 5.74) is -0.0276. The summed E-state index contributed by atoms with van der Waals surface area (Å²) in [6, 6.07) is 0. The molecule has 1 N–H and O–H groups in total. The van der Waals surface area contributed by atoms with Crippen molar-refractivity contribution in [1.29, 1.82) is 0 Å². The first kappa shape index (κ1) is 19.5. The Balaban J connectivity index is 4.28. The van der Waals surface area contributed by atoms with E-state index in [1.165, 1.54) is 0 Å². The lowest BCUT2D eigenvalue weighted by Crippen LogP contribution is -2.25. The smallest absolute Gasteiger partial charge is 0.188 e. The molecular formula is C13H29O4PS. The van der Waals surface area contributed by atoms with E-state index >= 15 is 0 Å². The van der Waals surface area contributed by atoms with Crippen LogP contribution in [-0.2, 0) is 25.8 Å². The van der Waals surface area contributed by atoms with Crippen LogP contribution in [-0.4, -0.2) is 42.6 Å². The quantitative estimate of drug-likeness (QED) is 0.628. The van der Waals surface area contributed by atoms with E-state index in [2.05, 4.69) is 0 Å². The Labute approximate surface area is 123 Å². The van der Waals surface area contributed by atoms with Crippen molar-refractivity contribution in [3.05, 3.63) is 0 Å². The molecule has 0 amide bonds. The molecule has 4 nitrogen and oxygen atoms in total. The topological polar surface area (TPSA) is 47.9 Å². The van der Waals surface area contributed by atoms with Crippen molar-refractivity contribution in [1.82, 2.24) is 0 Å². The van der Waals surface area contributed by atoms with Crippen LogP contribution in [0.25, 0.3) is 0 Å². The van der Waals surface area contributed by atoms with Gasteiger partial charge >= 0.3 is 0 Å². The summed E-state index contributed by atoms with van der Waals surface area (Å²) >= 11 is 5.12. The molecule has 0 heterocycles. The van der Waals surface area contributed by atoms with E-state index in [4.69, 9.17) is 25.8 Å². The zero-order valence-electron chi connectivity index (χ0n) is 13.0. The average Bonchev–Trinajstić information content (AvgIpc) is 2.27. The van der Waals surface area contributed by atoms with Crippen LogP contribution in [0.4, 0.5) is 0 Å². The largest absolute Gasteiger partial charge is 0.378 e. The first-order valence-electron chi connectivity index (χ1n) is 6.85. The van der Waals surface area contributed by atoms with Gasteiger partial charge in [0.2, 0.25) is 0 Å². The van der Waals surface area contributed by atoms with Crippen molar-refractivity contribution < 1.29 is 18.9 Å². The third-order valence-electron chi connectivity index (χ3n) is 2.48. The summed E-state index contributed by atoms with van der Waals surface area (Å²) in [6.07, 6.45) is 0.340. The van der Waals surface area contributed by atoms with Gasteiger partial charge in [-0.05, 0) is 39.5 Å². The van der Waals surface area contributed by atoms with Gasteiger partial charge in [-0.15, -0.1) is 0 Å². The van der Waals surface area contributed by atoms with Gasteiger partial charge in [0.15, 0.2) is 6.49 Å². The molecule has 0 aliphatic rings. The van der Waals surface area contributed by atoms with Crippen molar-refractivity contribution in [2.75, 3.05) is 19.8 Å². The highest BCUT2D eigenvalue weighted by Gasteiger charge is 2.22. The maximum Gasteiger partial charge on any atom is 0.188 e. The van der Waals surface area contributed by atoms with Gasteiger partial charge in [0.1, 0.15) is 0 Å². The lowest BCUT2D eigenvalue weighted by molar-refractivity contribution is -0.0165. The van der Waals surface area contributed by atoms with E-state index in [0.29, 0.717) is 19.8 Å². The van der Waals surface area contributed by atoms with Crippen LogP contribution in [0, 0.1) is 5.92 Å². The number of ether oxygens (including phenoxy) is 2. The lowest BCUT2D eigenvalue weighted by atomic mass is 10.2. The molecule has 0 aromatic rings. The van der Waals surface area contributed by atoms with Gasteiger partial charge in [0, 0.05) is 11.6 Å². The second kappa shape index (κ2) is 9.43. The van der Waals surface area contributed by atoms with Crippen LogP contribution < -0.4 is 0 Å². The maximum absolute atomic E-state index is 10.0. The number of rotatable bonds is 10. The number of hydrogen-bond acceptors (Lipinski definition) is 4. The van der Waals surface area contributed by atoms with Gasteiger partial charge in [-0.3, -0.25) is 0 Å². The zero-order valence-corrected chi connectivity index (χ0v) is 14.7. The third kappa shape index (κ3) is 9.94. The lowest BCUT2D eigenvalue weighted by Gasteiger charge is -2.24. The minimum Gasteiger partial charge on any atom is -0.378 e. The predicted octanol–water partition coefficient (Wildman–Crippen LogP) is 3.18. The second-order valence-electron chi connectivity index (χ2n) is 5.58. The van der Waals surface area contributed by atoms with Crippen molar-refractivity contribution in [2.24, 2.45) is 5.92 Å². The van der Waals surface area contributed by atoms with E-state index in [1.807, 2.05) is 41.5 Å². The van der Waals surface area contributed by atoms with Crippen LogP contribution >= 0.6 is 6.49 Å². The minimum atomic E-state index is -2.69. The summed E-state index contributed by atoms with van der Waals surface area (Å²) in [5.74, 6) is 0.0954. The summed E-state index contributed by atoms with van der Waals surface area (Å²) in [4.78, 5) is 10.0. The van der Waals surface area contributed by atoms with E-state index in [-0.39, 0.29) is 23.8 Å². The van der Waals surface area contributed by atoms with E-state index in [0.717, 1.165) is 0 Å². The summed E-state index contributed by atoms with van der Waals surface area (Å²) in [6.45, 7) is 10.5. The molecular weight excluding hydrogens is 283 g/mol. The van der Waals surface area contributed by atoms with Crippen molar-refractivity contribution >= 4 is 18.3 Å². The van der Waals surface area contributed by atoms with Crippen LogP contribution in [0.1, 0.15) is 41.5 Å². The van der Waals surface area contributed by atoms with Crippen LogP contribution in [0.15, 0.2) is 0 Å². The summed E-state index contributed by atoms with van der Waals surface area (Å²) in [5, 5.41) is 0. The molecule has 0 saturated carbocycles. The Morgan fingerprint density at radius 2 is 1.32 bits per heavy atom. The molecule has 0 aromatic carbocycles. The molecule has 116 valence electrons. The SMILES string of the molecule is CC(C)OCC(COC(C)C)COP(O)(=S)C(C)C. The highest BCUT2D eigenvalue weighted by atomic mass is 32.5. The van der Waals surface area contributed by atoms with Gasteiger partial charge in [-0.25, -0.2) is 0 Å². The molecule has 19 heavy (non-hydrogen) atoms. The molecule has 0 aliphatic carbocycles. The van der Waals surface area contributed by atoms with Crippen molar-refractivity contribution in [2.45, 2.75) is 59.4 Å². The highest BCUT2D eigenvalue weighted by Crippen LogP contribution is 2.47. The van der Waals surface area contributed by atoms with Gasteiger partial charge in [-0.2, -0.15) is 0 Å². The van der Waals surface area contributed by atoms with Crippen molar-refractivity contribution in [3.63, 3.8) is 0 Å². The minimum absolute atomic E-state index is 0.0276. The average molecular weight is 312 g/mol. The fourth-order valence-corrected chi connectivity index (χ4v) is 2.07. The van der Waals surface area contributed by atoms with Crippen LogP contribution in [0.2, 0.25) is 0 Å². The second-order valence-corrected chi connectivity index (χ2v) is 9.57. The molecule has 1 atom stereocenters. The molecule has 0 saturated heterocycles. The molecule has 0 radical (unpaired) electrons. The first-order valence-corrected chi connectivity index (χ1v) is 9.59. The molecule has 1 unspecified atom stereocenters. The standard InChI is InChI=1S/C13H29O4PS/c1-10(2)15-7-13(8-16-11(3)4)9-17-18(14,19)12(5)6/h10-13H,7-9H2,1-6H3,(H,14,19). The number of hydrogen-bond donors (Lipinski definition) is 1. The Morgan fingerprint density at radius 3 is 1.63 bits per heavy atom. The van der Waals surface area contributed by atoms with Gasteiger partial charge < -0.3 is 18.9 Å². The third-order valence-corrected chi connectivity index (χ3v) is 5.88. The molecule has 0 bridgehead atoms. The van der Waals surface area contributed by atoms with E-state index in [1.54, 1.807) is 0 Å². The normalized spacial score (nSPS) is 15.7. The maximum atomic E-state index is 10.0. The fraction of sp³-hybridized carbons (Fsp3) is 1.00. The summed E-state index contributed by atoms with van der Waals surface area (Å²) in [7, 11) is 0. The van der Waals surface area contributed by atoms with Crippen molar-refractivity contribution in [3.8, 4) is 0 Å². The molecule has 0 fully saturated rings. The Morgan fingerprint density at radius 1 is 0.895 bits per heavy atom. The van der Waals surface area contributed by atoms with Gasteiger partial charge in [0.25, 0.3) is 0 Å². The Bertz CT molecular complexity index is 270. The first-order chi connectivity index (χ1) is 8.65. The predicted molar refractivity (Wildman–Crippen MR) is 83.3 cm³/mol. The van der Waals surface area contributed by atoms with Crippen LogP contribution in [0.3, 0.4) is 0 Å². The molecule has 0 rings (SSSR count).